The summed E-state index contributed by atoms with van der Waals surface area (Å²) in [5.74, 6) is -0.482. The second-order valence-electron chi connectivity index (χ2n) is 6.65. The maximum Gasteiger partial charge on any atom is 0.254 e. The quantitative estimate of drug-likeness (QED) is 0.764. The highest BCUT2D eigenvalue weighted by Crippen LogP contribution is 2.29. The number of halogens is 2. The molecule has 0 saturated carbocycles. The molecule has 0 saturated heterocycles. The van der Waals surface area contributed by atoms with Crippen molar-refractivity contribution in [3.63, 3.8) is 0 Å². The number of fused-ring (bicyclic) bond motifs is 1. The van der Waals surface area contributed by atoms with E-state index in [0.29, 0.717) is 27.8 Å². The van der Waals surface area contributed by atoms with Gasteiger partial charge in [0, 0.05) is 12.1 Å². The molecule has 3 rings (SSSR count). The number of anilines is 1. The lowest BCUT2D eigenvalue weighted by Crippen LogP contribution is -2.38. The van der Waals surface area contributed by atoms with E-state index in [2.05, 4.69) is 5.32 Å². The minimum atomic E-state index is -0.335. The molecule has 0 spiro atoms. The average molecular weight is 405 g/mol. The van der Waals surface area contributed by atoms with E-state index in [1.807, 2.05) is 25.1 Å². The summed E-state index contributed by atoms with van der Waals surface area (Å²) in [6.45, 7) is 2.22. The molecular weight excluding hydrogens is 383 g/mol. The number of likely N-dealkylation sites (N-methyl/N-ethyl adjacent to an activating group) is 1. The van der Waals surface area contributed by atoms with Crippen molar-refractivity contribution in [2.45, 2.75) is 32.6 Å². The van der Waals surface area contributed by atoms with Crippen LogP contribution in [-0.2, 0) is 17.6 Å². The molecule has 0 aliphatic heterocycles. The molecule has 6 heteroatoms. The molecule has 0 heterocycles. The molecule has 0 unspecified atom stereocenters. The first-order valence-corrected chi connectivity index (χ1v) is 9.90. The molecule has 0 atom stereocenters. The summed E-state index contributed by atoms with van der Waals surface area (Å²) in [6, 6.07) is 10.9. The molecule has 2 aromatic rings. The smallest absolute Gasteiger partial charge is 0.254 e. The maximum absolute atomic E-state index is 12.9. The van der Waals surface area contributed by atoms with Crippen molar-refractivity contribution in [2.24, 2.45) is 0 Å². The zero-order valence-electron chi connectivity index (χ0n) is 15.2. The van der Waals surface area contributed by atoms with Crippen molar-refractivity contribution in [3.05, 3.63) is 63.1 Å². The van der Waals surface area contributed by atoms with Crippen LogP contribution in [0.4, 0.5) is 5.69 Å². The Morgan fingerprint density at radius 3 is 2.37 bits per heavy atom. The van der Waals surface area contributed by atoms with E-state index in [1.54, 1.807) is 18.2 Å². The molecule has 1 aliphatic rings. The standard InChI is InChI=1S/C21H22Cl2N2O2/c1-2-25(13-19(26)24-20-17(22)8-5-9-18(20)23)21(27)16-11-10-14-6-3-4-7-15(14)12-16/h5,8-12H,2-4,6-7,13H2,1H3,(H,24,26). The van der Waals surface area contributed by atoms with Gasteiger partial charge >= 0.3 is 0 Å². The largest absolute Gasteiger partial charge is 0.330 e. The van der Waals surface area contributed by atoms with Crippen LogP contribution >= 0.6 is 23.2 Å². The molecule has 0 radical (unpaired) electrons. The molecule has 2 aromatic carbocycles. The molecule has 142 valence electrons. The highest BCUT2D eigenvalue weighted by molar-refractivity contribution is 6.39. The van der Waals surface area contributed by atoms with Gasteiger partial charge in [-0.25, -0.2) is 0 Å². The van der Waals surface area contributed by atoms with Gasteiger partial charge in [0.05, 0.1) is 15.7 Å². The van der Waals surface area contributed by atoms with Crippen LogP contribution in [0.2, 0.25) is 10.0 Å². The van der Waals surface area contributed by atoms with Crippen LogP contribution in [0.1, 0.15) is 41.3 Å². The van der Waals surface area contributed by atoms with Crippen molar-refractivity contribution in [1.29, 1.82) is 0 Å². The number of hydrogen-bond donors (Lipinski definition) is 1. The summed E-state index contributed by atoms with van der Waals surface area (Å²) in [5, 5.41) is 3.42. The third-order valence-electron chi connectivity index (χ3n) is 4.83. The highest BCUT2D eigenvalue weighted by atomic mass is 35.5. The molecule has 1 aliphatic carbocycles. The van der Waals surface area contributed by atoms with E-state index in [1.165, 1.54) is 22.4 Å². The molecule has 0 aromatic heterocycles. The Bertz CT molecular complexity index is 847. The Morgan fingerprint density at radius 1 is 1.04 bits per heavy atom. The van der Waals surface area contributed by atoms with Gasteiger partial charge in [-0.05, 0) is 68.0 Å². The number of carbonyl (C=O) groups is 2. The van der Waals surface area contributed by atoms with E-state index in [0.717, 1.165) is 19.3 Å². The second kappa shape index (κ2) is 8.77. The molecule has 2 amide bonds. The summed E-state index contributed by atoms with van der Waals surface area (Å²) in [5.41, 5.74) is 3.56. The Balaban J connectivity index is 1.71. The number of nitrogens with zero attached hydrogens (tertiary/aromatic N) is 1. The summed E-state index contributed by atoms with van der Waals surface area (Å²) in [6.07, 6.45) is 4.44. The van der Waals surface area contributed by atoms with E-state index in [-0.39, 0.29) is 18.4 Å². The lowest BCUT2D eigenvalue weighted by Gasteiger charge is -2.22. The van der Waals surface area contributed by atoms with E-state index in [4.69, 9.17) is 23.2 Å². The predicted molar refractivity (Wildman–Crippen MR) is 110 cm³/mol. The lowest BCUT2D eigenvalue weighted by molar-refractivity contribution is -0.116. The monoisotopic (exact) mass is 404 g/mol. The minimum Gasteiger partial charge on any atom is -0.330 e. The molecular formula is C21H22Cl2N2O2. The van der Waals surface area contributed by atoms with Crippen molar-refractivity contribution < 1.29 is 9.59 Å². The van der Waals surface area contributed by atoms with E-state index < -0.39 is 0 Å². The van der Waals surface area contributed by atoms with Gasteiger partial charge in [0.1, 0.15) is 6.54 Å². The summed E-state index contributed by atoms with van der Waals surface area (Å²) in [7, 11) is 0. The van der Waals surface area contributed by atoms with Crippen molar-refractivity contribution in [3.8, 4) is 0 Å². The topological polar surface area (TPSA) is 49.4 Å². The van der Waals surface area contributed by atoms with Crippen LogP contribution < -0.4 is 5.32 Å². The fraction of sp³-hybridized carbons (Fsp3) is 0.333. The van der Waals surface area contributed by atoms with Crippen LogP contribution in [0.15, 0.2) is 36.4 Å². The van der Waals surface area contributed by atoms with Gasteiger partial charge in [0.15, 0.2) is 0 Å². The predicted octanol–water partition coefficient (Wildman–Crippen LogP) is 4.97. The molecule has 0 fully saturated rings. The van der Waals surface area contributed by atoms with Crippen LogP contribution in [0.25, 0.3) is 0 Å². The van der Waals surface area contributed by atoms with Gasteiger partial charge in [0.25, 0.3) is 5.91 Å². The first kappa shape index (κ1) is 19.7. The van der Waals surface area contributed by atoms with Crippen molar-refractivity contribution in [2.75, 3.05) is 18.4 Å². The van der Waals surface area contributed by atoms with Gasteiger partial charge in [-0.2, -0.15) is 0 Å². The molecule has 27 heavy (non-hydrogen) atoms. The van der Waals surface area contributed by atoms with Gasteiger partial charge in [-0.1, -0.05) is 35.3 Å². The molecule has 0 bridgehead atoms. The van der Waals surface area contributed by atoms with Crippen molar-refractivity contribution in [1.82, 2.24) is 4.90 Å². The van der Waals surface area contributed by atoms with Crippen LogP contribution in [0, 0.1) is 0 Å². The number of rotatable bonds is 5. The van der Waals surface area contributed by atoms with Crippen LogP contribution in [0.5, 0.6) is 0 Å². The van der Waals surface area contributed by atoms with Gasteiger partial charge in [0.2, 0.25) is 5.91 Å². The number of benzene rings is 2. The third-order valence-corrected chi connectivity index (χ3v) is 5.46. The average Bonchev–Trinajstić information content (AvgIpc) is 2.68. The normalized spacial score (nSPS) is 13.0. The second-order valence-corrected chi connectivity index (χ2v) is 7.47. The number of amides is 2. The Labute approximate surface area is 169 Å². The van der Waals surface area contributed by atoms with Gasteiger partial charge < -0.3 is 10.2 Å². The van der Waals surface area contributed by atoms with Crippen LogP contribution in [0.3, 0.4) is 0 Å². The Kier molecular flexibility index (Phi) is 6.40. The van der Waals surface area contributed by atoms with Gasteiger partial charge in [-0.15, -0.1) is 0 Å². The van der Waals surface area contributed by atoms with E-state index in [9.17, 15) is 9.59 Å². The third kappa shape index (κ3) is 4.63. The number of hydrogen-bond acceptors (Lipinski definition) is 2. The minimum absolute atomic E-state index is 0.0615. The fourth-order valence-corrected chi connectivity index (χ4v) is 3.84. The summed E-state index contributed by atoms with van der Waals surface area (Å²) < 4.78 is 0. The SMILES string of the molecule is CCN(CC(=O)Nc1c(Cl)cccc1Cl)C(=O)c1ccc2c(c1)CCCC2. The highest BCUT2D eigenvalue weighted by Gasteiger charge is 2.20. The Morgan fingerprint density at radius 2 is 1.70 bits per heavy atom. The fourth-order valence-electron chi connectivity index (χ4n) is 3.35. The zero-order valence-corrected chi connectivity index (χ0v) is 16.7. The summed E-state index contributed by atoms with van der Waals surface area (Å²) >= 11 is 12.2. The molecule has 1 N–H and O–H groups in total. The number of nitrogens with one attached hydrogen (secondary N) is 1. The lowest BCUT2D eigenvalue weighted by atomic mass is 9.90. The summed E-state index contributed by atoms with van der Waals surface area (Å²) in [4.78, 5) is 26.8. The number of aryl methyl sites for hydroxylation is 2. The van der Waals surface area contributed by atoms with Gasteiger partial charge in [-0.3, -0.25) is 9.59 Å². The number of para-hydroxylation sites is 1. The van der Waals surface area contributed by atoms with E-state index >= 15 is 0 Å². The molecule has 4 nitrogen and oxygen atoms in total. The maximum atomic E-state index is 12.9. The first-order chi connectivity index (χ1) is 13.0. The first-order valence-electron chi connectivity index (χ1n) is 9.14. The zero-order chi connectivity index (χ0) is 19.4. The van der Waals surface area contributed by atoms with Crippen molar-refractivity contribution >= 4 is 40.7 Å². The number of carbonyl (C=O) groups excluding carboxylic acids is 2. The van der Waals surface area contributed by atoms with Crippen LogP contribution in [-0.4, -0.2) is 29.8 Å². The Hall–Kier alpha value is -2.04.